The van der Waals surface area contributed by atoms with E-state index in [-0.39, 0.29) is 18.4 Å². The Morgan fingerprint density at radius 2 is 1.71 bits per heavy atom. The molecule has 1 N–H and O–H groups in total. The molecule has 0 aliphatic carbocycles. The van der Waals surface area contributed by atoms with E-state index in [4.69, 9.17) is 0 Å². The number of amides is 1. The van der Waals surface area contributed by atoms with E-state index < -0.39 is 10.0 Å². The summed E-state index contributed by atoms with van der Waals surface area (Å²) >= 11 is 0. The lowest BCUT2D eigenvalue weighted by Gasteiger charge is -2.34. The van der Waals surface area contributed by atoms with Gasteiger partial charge in [0, 0.05) is 24.7 Å². The summed E-state index contributed by atoms with van der Waals surface area (Å²) in [6.07, 6.45) is 2.62. The zero-order chi connectivity index (χ0) is 20.3. The maximum Gasteiger partial charge on any atom is 0.243 e. The second-order valence-electron chi connectivity index (χ2n) is 7.65. The maximum atomic E-state index is 13.1. The first-order chi connectivity index (χ1) is 13.3. The molecular formula is C22H28N2O3S. The number of rotatable bonds is 5. The average molecular weight is 401 g/mol. The molecule has 1 atom stereocenters. The van der Waals surface area contributed by atoms with Gasteiger partial charge in [0.25, 0.3) is 0 Å². The Bertz CT molecular complexity index is 952. The van der Waals surface area contributed by atoms with Gasteiger partial charge < -0.3 is 5.32 Å². The second kappa shape index (κ2) is 8.45. The fourth-order valence-corrected chi connectivity index (χ4v) is 5.40. The first-order valence-corrected chi connectivity index (χ1v) is 11.2. The molecule has 1 heterocycles. The monoisotopic (exact) mass is 400 g/mol. The van der Waals surface area contributed by atoms with Gasteiger partial charge in [0.1, 0.15) is 0 Å². The highest BCUT2D eigenvalue weighted by Crippen LogP contribution is 2.28. The highest BCUT2D eigenvalue weighted by molar-refractivity contribution is 7.89. The van der Waals surface area contributed by atoms with E-state index in [1.807, 2.05) is 39.0 Å². The third kappa shape index (κ3) is 4.62. The van der Waals surface area contributed by atoms with Crippen LogP contribution in [0.25, 0.3) is 0 Å². The van der Waals surface area contributed by atoms with Crippen molar-refractivity contribution in [2.75, 3.05) is 11.9 Å². The molecule has 2 aromatic carbocycles. The lowest BCUT2D eigenvalue weighted by Crippen LogP contribution is -2.45. The van der Waals surface area contributed by atoms with Crippen LogP contribution in [0.1, 0.15) is 42.4 Å². The summed E-state index contributed by atoms with van der Waals surface area (Å²) in [7, 11) is -3.61. The molecule has 1 saturated heterocycles. The van der Waals surface area contributed by atoms with Crippen molar-refractivity contribution in [3.63, 3.8) is 0 Å². The summed E-state index contributed by atoms with van der Waals surface area (Å²) in [6, 6.07) is 12.5. The molecule has 3 rings (SSSR count). The first kappa shape index (κ1) is 20.6. The zero-order valence-electron chi connectivity index (χ0n) is 16.7. The van der Waals surface area contributed by atoms with E-state index >= 15 is 0 Å². The van der Waals surface area contributed by atoms with Gasteiger partial charge >= 0.3 is 0 Å². The van der Waals surface area contributed by atoms with Crippen LogP contribution in [0.15, 0.2) is 47.4 Å². The Morgan fingerprint density at radius 1 is 1.04 bits per heavy atom. The third-order valence-electron chi connectivity index (χ3n) is 5.28. The topological polar surface area (TPSA) is 66.5 Å². The average Bonchev–Trinajstić information content (AvgIpc) is 2.65. The number of piperidine rings is 1. The van der Waals surface area contributed by atoms with Crippen molar-refractivity contribution in [1.29, 1.82) is 0 Å². The smallest absolute Gasteiger partial charge is 0.243 e. The van der Waals surface area contributed by atoms with Gasteiger partial charge in [-0.15, -0.1) is 0 Å². The van der Waals surface area contributed by atoms with Crippen molar-refractivity contribution >= 4 is 21.6 Å². The molecule has 0 unspecified atom stereocenters. The predicted molar refractivity (Wildman–Crippen MR) is 112 cm³/mol. The van der Waals surface area contributed by atoms with Gasteiger partial charge in [-0.2, -0.15) is 4.31 Å². The van der Waals surface area contributed by atoms with Crippen molar-refractivity contribution in [2.45, 2.75) is 57.4 Å². The van der Waals surface area contributed by atoms with Crippen LogP contribution in [0, 0.1) is 20.8 Å². The number of hydrogen-bond donors (Lipinski definition) is 1. The van der Waals surface area contributed by atoms with Crippen LogP contribution < -0.4 is 5.32 Å². The van der Waals surface area contributed by atoms with Crippen molar-refractivity contribution < 1.29 is 13.2 Å². The van der Waals surface area contributed by atoms with Gasteiger partial charge in [-0.05, 0) is 57.4 Å². The van der Waals surface area contributed by atoms with Crippen LogP contribution in [0.5, 0.6) is 0 Å². The van der Waals surface area contributed by atoms with Crippen LogP contribution in [0.2, 0.25) is 0 Å². The highest BCUT2D eigenvalue weighted by atomic mass is 32.2. The van der Waals surface area contributed by atoms with E-state index in [0.717, 1.165) is 35.2 Å². The first-order valence-electron chi connectivity index (χ1n) is 9.73. The molecule has 6 heteroatoms. The summed E-state index contributed by atoms with van der Waals surface area (Å²) in [5.74, 6) is -0.150. The molecule has 5 nitrogen and oxygen atoms in total. The van der Waals surface area contributed by atoms with E-state index in [1.54, 1.807) is 24.3 Å². The predicted octanol–water partition coefficient (Wildman–Crippen LogP) is 4.18. The molecule has 0 spiro atoms. The van der Waals surface area contributed by atoms with Crippen LogP contribution in [0.4, 0.5) is 5.69 Å². The summed E-state index contributed by atoms with van der Waals surface area (Å²) in [5.41, 5.74) is 3.93. The third-order valence-corrected chi connectivity index (χ3v) is 7.24. The van der Waals surface area contributed by atoms with Crippen LogP contribution in [-0.4, -0.2) is 31.2 Å². The summed E-state index contributed by atoms with van der Waals surface area (Å²) in [6.45, 7) is 6.35. The van der Waals surface area contributed by atoms with Crippen LogP contribution in [-0.2, 0) is 14.8 Å². The molecule has 150 valence electrons. The van der Waals surface area contributed by atoms with Gasteiger partial charge in [-0.1, -0.05) is 41.8 Å². The maximum absolute atomic E-state index is 13.1. The van der Waals surface area contributed by atoms with E-state index in [1.165, 1.54) is 4.31 Å². The van der Waals surface area contributed by atoms with Gasteiger partial charge in [-0.25, -0.2) is 8.42 Å². The number of hydrogen-bond acceptors (Lipinski definition) is 3. The zero-order valence-corrected chi connectivity index (χ0v) is 17.6. The Morgan fingerprint density at radius 3 is 2.39 bits per heavy atom. The molecule has 0 radical (unpaired) electrons. The van der Waals surface area contributed by atoms with Crippen molar-refractivity contribution in [3.05, 3.63) is 59.2 Å². The number of anilines is 1. The molecule has 0 aromatic heterocycles. The van der Waals surface area contributed by atoms with Gasteiger partial charge in [-0.3, -0.25) is 4.79 Å². The van der Waals surface area contributed by atoms with Crippen molar-refractivity contribution in [1.82, 2.24) is 4.31 Å². The van der Waals surface area contributed by atoms with E-state index in [2.05, 4.69) is 5.32 Å². The van der Waals surface area contributed by atoms with Crippen molar-refractivity contribution in [3.8, 4) is 0 Å². The number of carbonyl (C=O) groups excluding carboxylic acids is 1. The molecule has 1 aliphatic heterocycles. The number of aryl methyl sites for hydroxylation is 3. The summed E-state index contributed by atoms with van der Waals surface area (Å²) in [4.78, 5) is 12.9. The highest BCUT2D eigenvalue weighted by Gasteiger charge is 2.34. The van der Waals surface area contributed by atoms with Gasteiger partial charge in [0.15, 0.2) is 0 Å². The van der Waals surface area contributed by atoms with Gasteiger partial charge in [0.05, 0.1) is 4.90 Å². The number of nitrogens with zero attached hydrogens (tertiary/aromatic N) is 1. The normalized spacial score (nSPS) is 18.0. The minimum absolute atomic E-state index is 0.150. The lowest BCUT2D eigenvalue weighted by molar-refractivity contribution is -0.117. The molecule has 1 aliphatic rings. The molecule has 1 amide bonds. The Balaban J connectivity index is 1.75. The molecule has 0 saturated carbocycles. The molecule has 2 aromatic rings. The molecule has 1 fully saturated rings. The number of nitrogens with one attached hydrogen (secondary N) is 1. The quantitative estimate of drug-likeness (QED) is 0.819. The van der Waals surface area contributed by atoms with Crippen molar-refractivity contribution in [2.24, 2.45) is 0 Å². The van der Waals surface area contributed by atoms with Crippen LogP contribution >= 0.6 is 0 Å². The Kier molecular flexibility index (Phi) is 6.20. The SMILES string of the molecule is Cc1ccc(S(=O)(=O)N2CCCC[C@H]2CC(=O)Nc2ccc(C)cc2C)cc1. The number of benzene rings is 2. The fourth-order valence-electron chi connectivity index (χ4n) is 3.71. The minimum atomic E-state index is -3.61. The number of sulfonamides is 1. The van der Waals surface area contributed by atoms with E-state index in [9.17, 15) is 13.2 Å². The van der Waals surface area contributed by atoms with E-state index in [0.29, 0.717) is 17.9 Å². The summed E-state index contributed by atoms with van der Waals surface area (Å²) in [5, 5.41) is 2.94. The molecular weight excluding hydrogens is 372 g/mol. The second-order valence-corrected chi connectivity index (χ2v) is 9.54. The van der Waals surface area contributed by atoms with Crippen LogP contribution in [0.3, 0.4) is 0 Å². The fraction of sp³-hybridized carbons (Fsp3) is 0.409. The standard InChI is InChI=1S/C22H28N2O3S/c1-16-7-10-20(11-8-16)28(26,27)24-13-5-4-6-19(24)15-22(25)23-21-12-9-17(2)14-18(21)3/h7-12,14,19H,4-6,13,15H2,1-3H3,(H,23,25)/t19-/m0/s1. The molecule has 28 heavy (non-hydrogen) atoms. The summed E-state index contributed by atoms with van der Waals surface area (Å²) < 4.78 is 27.8. The minimum Gasteiger partial charge on any atom is -0.326 e. The molecule has 0 bridgehead atoms. The lowest BCUT2D eigenvalue weighted by atomic mass is 10.0. The largest absolute Gasteiger partial charge is 0.326 e. The Labute approximate surface area is 167 Å². The number of carbonyl (C=O) groups is 1. The van der Waals surface area contributed by atoms with Gasteiger partial charge in [0.2, 0.25) is 15.9 Å². The Hall–Kier alpha value is -2.18.